The fraction of sp³-hybridized carbons (Fsp3) is 0.773. The van der Waals surface area contributed by atoms with Gasteiger partial charge < -0.3 is 4.74 Å². The van der Waals surface area contributed by atoms with E-state index in [-0.39, 0.29) is 23.6 Å². The number of nitrogens with one attached hydrogen (secondary N) is 2. The number of rotatable bonds is 8. The van der Waals surface area contributed by atoms with Crippen molar-refractivity contribution in [1.29, 1.82) is 0 Å². The largest absolute Gasteiger partial charge is 0.459 e. The predicted octanol–water partition coefficient (Wildman–Crippen LogP) is 0.511. The van der Waals surface area contributed by atoms with E-state index >= 15 is 0 Å². The van der Waals surface area contributed by atoms with Gasteiger partial charge in [0.2, 0.25) is 15.7 Å². The lowest BCUT2D eigenvalue weighted by atomic mass is 9.69. The van der Waals surface area contributed by atoms with E-state index < -0.39 is 44.4 Å². The normalized spacial score (nSPS) is 32.3. The molecule has 0 amide bonds. The first kappa shape index (κ1) is 24.2. The van der Waals surface area contributed by atoms with Gasteiger partial charge >= 0.3 is 11.7 Å². The third-order valence-corrected chi connectivity index (χ3v) is 10.7. The van der Waals surface area contributed by atoms with Crippen molar-refractivity contribution >= 4 is 16.0 Å². The van der Waals surface area contributed by atoms with Crippen LogP contribution in [0.1, 0.15) is 52.5 Å². The Labute approximate surface area is 193 Å². The van der Waals surface area contributed by atoms with E-state index in [4.69, 9.17) is 4.74 Å². The highest BCUT2D eigenvalue weighted by atomic mass is 32.2. The van der Waals surface area contributed by atoms with Crippen LogP contribution in [0.4, 0.5) is 0 Å². The zero-order chi connectivity index (χ0) is 24.4. The van der Waals surface area contributed by atoms with E-state index in [9.17, 15) is 22.8 Å². The molecule has 2 saturated carbocycles. The zero-order valence-electron chi connectivity index (χ0n) is 19.9. The number of hydrogen-bond donors (Lipinski definition) is 2. The number of nitrogens with zero attached hydrogens (tertiary/aromatic N) is 2. The van der Waals surface area contributed by atoms with Crippen LogP contribution < -0.4 is 16.6 Å². The van der Waals surface area contributed by atoms with Gasteiger partial charge in [-0.3, -0.25) is 19.7 Å². The van der Waals surface area contributed by atoms with Crippen LogP contribution in [0.15, 0.2) is 15.8 Å². The lowest BCUT2D eigenvalue weighted by molar-refractivity contribution is -0.163. The zero-order valence-corrected chi connectivity index (χ0v) is 20.8. The fourth-order valence-electron chi connectivity index (χ4n) is 6.11. The number of carbonyl (C=O) groups excluding carboxylic acids is 1. The third-order valence-electron chi connectivity index (χ3n) is 8.53. The summed E-state index contributed by atoms with van der Waals surface area (Å²) in [6, 6.07) is 0. The molecule has 0 unspecified atom stereocenters. The Bertz CT molecular complexity index is 1180. The van der Waals surface area contributed by atoms with Gasteiger partial charge in [-0.1, -0.05) is 27.7 Å². The second-order valence-electron chi connectivity index (χ2n) is 10.2. The Hall–Kier alpha value is -1.98. The molecule has 1 aromatic heterocycles. The lowest BCUT2D eigenvalue weighted by Gasteiger charge is -2.42. The van der Waals surface area contributed by atoms with Crippen molar-refractivity contribution in [3.8, 4) is 0 Å². The molecule has 11 heteroatoms. The summed E-state index contributed by atoms with van der Waals surface area (Å²) in [5, 5.41) is 2.93. The molecule has 1 saturated heterocycles. The molecule has 0 aromatic carbocycles. The number of ether oxygens (including phenoxy) is 1. The van der Waals surface area contributed by atoms with Crippen LogP contribution in [0.25, 0.3) is 0 Å². The summed E-state index contributed by atoms with van der Waals surface area (Å²) in [5.41, 5.74) is -3.28. The van der Waals surface area contributed by atoms with E-state index in [0.717, 1.165) is 6.42 Å². The van der Waals surface area contributed by atoms with E-state index in [2.05, 4.69) is 24.1 Å². The maximum atomic E-state index is 13.4. The summed E-state index contributed by atoms with van der Waals surface area (Å²) < 4.78 is 35.3. The van der Waals surface area contributed by atoms with Crippen LogP contribution in [0.2, 0.25) is 0 Å². The van der Waals surface area contributed by atoms with Crippen LogP contribution in [0.5, 0.6) is 0 Å². The Balaban J connectivity index is 1.65. The molecule has 10 nitrogen and oxygen atoms in total. The first-order chi connectivity index (χ1) is 15.3. The Kier molecular flexibility index (Phi) is 5.69. The van der Waals surface area contributed by atoms with Gasteiger partial charge in [-0.2, -0.15) is 0 Å². The number of esters is 1. The minimum Gasteiger partial charge on any atom is -0.459 e. The lowest BCUT2D eigenvalue weighted by Crippen LogP contribution is -2.51. The van der Waals surface area contributed by atoms with Gasteiger partial charge in [0, 0.05) is 36.8 Å². The monoisotopic (exact) mass is 482 g/mol. The molecule has 2 aliphatic carbocycles. The van der Waals surface area contributed by atoms with Gasteiger partial charge in [0.05, 0.1) is 5.75 Å². The van der Waals surface area contributed by atoms with Crippen molar-refractivity contribution in [3.05, 3.63) is 32.6 Å². The number of H-pyrrole nitrogens is 1. The van der Waals surface area contributed by atoms with Crippen LogP contribution in [-0.4, -0.2) is 59.7 Å². The van der Waals surface area contributed by atoms with E-state index in [1.54, 1.807) is 6.92 Å². The van der Waals surface area contributed by atoms with Gasteiger partial charge in [-0.25, -0.2) is 22.3 Å². The summed E-state index contributed by atoms with van der Waals surface area (Å²) >= 11 is 0. The molecule has 0 radical (unpaired) electrons. The van der Waals surface area contributed by atoms with Gasteiger partial charge in [-0.05, 0) is 37.5 Å². The van der Waals surface area contributed by atoms with Crippen LogP contribution >= 0.6 is 0 Å². The first-order valence-corrected chi connectivity index (χ1v) is 13.2. The molecule has 3 aliphatic rings. The Morgan fingerprint density at radius 2 is 1.91 bits per heavy atom. The maximum Gasteiger partial charge on any atom is 0.349 e. The van der Waals surface area contributed by atoms with Crippen molar-refractivity contribution in [2.24, 2.45) is 16.7 Å². The van der Waals surface area contributed by atoms with Crippen molar-refractivity contribution < 1.29 is 17.9 Å². The predicted molar refractivity (Wildman–Crippen MR) is 122 cm³/mol. The van der Waals surface area contributed by atoms with E-state index in [1.807, 2.05) is 13.8 Å². The highest BCUT2D eigenvalue weighted by Gasteiger charge is 2.68. The van der Waals surface area contributed by atoms with Crippen LogP contribution in [0, 0.1) is 23.7 Å². The SMILES string of the molecule is CCN(CC)S(=O)(=O)C[C@@]12CC[C@H](C[C@H]1OC(=O)[C@]1(n3cc(C)c(=O)[nH]c3=O)CN1)C2(C)C. The molecule has 2 bridgehead atoms. The first-order valence-electron chi connectivity index (χ1n) is 11.6. The minimum absolute atomic E-state index is 0.0682. The number of sulfonamides is 1. The molecule has 2 heterocycles. The van der Waals surface area contributed by atoms with Crippen LogP contribution in [0.3, 0.4) is 0 Å². The Morgan fingerprint density at radius 3 is 2.45 bits per heavy atom. The standard InChI is InChI=1S/C22H34N4O6S/c1-6-25(7-2)33(30,31)13-21-9-8-15(20(21,4)5)10-16(21)32-18(28)22(12-23-22)26-11-14(3)17(27)24-19(26)29/h11,15-16,23H,6-10,12-13H2,1-5H3,(H,24,27,29)/t15-,16-,21+,22-/m1/s1. The highest BCUT2D eigenvalue weighted by molar-refractivity contribution is 7.89. The average molecular weight is 483 g/mol. The second-order valence-corrected chi connectivity index (χ2v) is 12.2. The molecule has 4 atom stereocenters. The number of aromatic amines is 1. The molecule has 2 N–H and O–H groups in total. The summed E-state index contributed by atoms with van der Waals surface area (Å²) in [6.45, 7) is 10.3. The van der Waals surface area contributed by atoms with E-state index in [1.165, 1.54) is 15.1 Å². The van der Waals surface area contributed by atoms with Crippen molar-refractivity contribution in [2.45, 2.75) is 65.6 Å². The number of aryl methyl sites for hydroxylation is 1. The summed E-state index contributed by atoms with van der Waals surface area (Å²) in [6.07, 6.45) is 2.96. The maximum absolute atomic E-state index is 13.4. The quantitative estimate of drug-likeness (QED) is 0.406. The van der Waals surface area contributed by atoms with Crippen LogP contribution in [-0.2, 0) is 25.2 Å². The molecule has 0 spiro atoms. The number of aromatic nitrogens is 2. The molecule has 1 aliphatic heterocycles. The van der Waals surface area contributed by atoms with Crippen molar-refractivity contribution in [1.82, 2.24) is 19.2 Å². The van der Waals surface area contributed by atoms with Crippen molar-refractivity contribution in [3.63, 3.8) is 0 Å². The highest BCUT2D eigenvalue weighted by Crippen LogP contribution is 2.67. The topological polar surface area (TPSA) is 140 Å². The summed E-state index contributed by atoms with van der Waals surface area (Å²) in [4.78, 5) is 39.8. The smallest absolute Gasteiger partial charge is 0.349 e. The molecule has 4 rings (SSSR count). The van der Waals surface area contributed by atoms with Gasteiger partial charge in [0.25, 0.3) is 5.56 Å². The van der Waals surface area contributed by atoms with Crippen molar-refractivity contribution in [2.75, 3.05) is 25.4 Å². The second kappa shape index (κ2) is 7.78. The fourth-order valence-corrected chi connectivity index (χ4v) is 8.44. The van der Waals surface area contributed by atoms with Gasteiger partial charge in [0.15, 0.2) is 0 Å². The molecule has 3 fully saturated rings. The average Bonchev–Trinajstić information content (AvgIpc) is 3.46. The molecule has 184 valence electrons. The number of fused-ring (bicyclic) bond motifs is 2. The molecule has 1 aromatic rings. The number of hydrogen-bond acceptors (Lipinski definition) is 7. The molecule has 33 heavy (non-hydrogen) atoms. The van der Waals surface area contributed by atoms with Gasteiger partial charge in [-0.15, -0.1) is 0 Å². The number of carbonyl (C=O) groups is 1. The molecular formula is C22H34N4O6S. The molecular weight excluding hydrogens is 448 g/mol. The third kappa shape index (κ3) is 3.50. The van der Waals surface area contributed by atoms with E-state index in [0.29, 0.717) is 31.5 Å². The summed E-state index contributed by atoms with van der Waals surface area (Å²) in [7, 11) is -3.55. The summed E-state index contributed by atoms with van der Waals surface area (Å²) in [5.74, 6) is -0.436. The van der Waals surface area contributed by atoms with Gasteiger partial charge in [0.1, 0.15) is 6.10 Å². The Morgan fingerprint density at radius 1 is 1.27 bits per heavy atom. The minimum atomic E-state index is -3.55.